The Hall–Kier alpha value is -2.38. The van der Waals surface area contributed by atoms with Crippen LogP contribution in [0.1, 0.15) is 13.3 Å². The zero-order chi connectivity index (χ0) is 20.4. The van der Waals surface area contributed by atoms with Crippen LogP contribution in [-0.4, -0.2) is 81.5 Å². The highest BCUT2D eigenvalue weighted by Gasteiger charge is 2.29. The van der Waals surface area contributed by atoms with Crippen LogP contribution in [0.25, 0.3) is 0 Å². The molecular formula is C13H22N4O8S. The van der Waals surface area contributed by atoms with E-state index in [1.807, 2.05) is 5.32 Å². The number of thiol groups is 1. The number of aliphatic carboxylic acids is 2. The van der Waals surface area contributed by atoms with Gasteiger partial charge in [-0.25, -0.2) is 4.79 Å². The van der Waals surface area contributed by atoms with Gasteiger partial charge in [0.25, 0.3) is 0 Å². The molecule has 0 aromatic rings. The van der Waals surface area contributed by atoms with Gasteiger partial charge in [-0.3, -0.25) is 19.2 Å². The van der Waals surface area contributed by atoms with Crippen molar-refractivity contribution in [2.24, 2.45) is 5.73 Å². The van der Waals surface area contributed by atoms with Gasteiger partial charge in [-0.15, -0.1) is 0 Å². The summed E-state index contributed by atoms with van der Waals surface area (Å²) in [6.45, 7) is 0.585. The summed E-state index contributed by atoms with van der Waals surface area (Å²) in [5.74, 6) is -5.89. The maximum atomic E-state index is 12.1. The lowest BCUT2D eigenvalue weighted by Crippen LogP contribution is -2.58. The van der Waals surface area contributed by atoms with Crippen molar-refractivity contribution in [1.82, 2.24) is 16.0 Å². The number of hydrogen-bond acceptors (Lipinski definition) is 8. The number of carboxylic acid groups (broad SMARTS) is 2. The van der Waals surface area contributed by atoms with Crippen LogP contribution in [0.15, 0.2) is 0 Å². The minimum atomic E-state index is -1.70. The Kier molecular flexibility index (Phi) is 10.2. The number of carboxylic acids is 2. The molecule has 4 atom stereocenters. The van der Waals surface area contributed by atoms with E-state index >= 15 is 0 Å². The average Bonchev–Trinajstić information content (AvgIpc) is 2.55. The predicted molar refractivity (Wildman–Crippen MR) is 90.3 cm³/mol. The lowest BCUT2D eigenvalue weighted by atomic mass is 10.1. The fourth-order valence-corrected chi connectivity index (χ4v) is 1.87. The first-order valence-electron chi connectivity index (χ1n) is 7.36. The molecule has 0 fully saturated rings. The van der Waals surface area contributed by atoms with Gasteiger partial charge in [0.05, 0.1) is 19.1 Å². The van der Waals surface area contributed by atoms with E-state index in [4.69, 9.17) is 15.9 Å². The number of nitrogens with two attached hydrogens (primary N) is 1. The van der Waals surface area contributed by atoms with E-state index in [0.717, 1.165) is 0 Å². The minimum absolute atomic E-state index is 0.254. The average molecular weight is 394 g/mol. The van der Waals surface area contributed by atoms with Crippen molar-refractivity contribution in [3.05, 3.63) is 0 Å². The monoisotopic (exact) mass is 394 g/mol. The number of hydrogen-bond donors (Lipinski definition) is 8. The predicted octanol–water partition coefficient (Wildman–Crippen LogP) is -3.73. The summed E-state index contributed by atoms with van der Waals surface area (Å²) in [6, 6.07) is -5.36. The summed E-state index contributed by atoms with van der Waals surface area (Å²) in [7, 11) is 0. The van der Waals surface area contributed by atoms with Crippen LogP contribution in [0.2, 0.25) is 0 Å². The highest BCUT2D eigenvalue weighted by molar-refractivity contribution is 7.80. The zero-order valence-electron chi connectivity index (χ0n) is 13.8. The van der Waals surface area contributed by atoms with E-state index in [-0.39, 0.29) is 5.75 Å². The first kappa shape index (κ1) is 23.6. The van der Waals surface area contributed by atoms with Gasteiger partial charge in [0.2, 0.25) is 17.7 Å². The maximum absolute atomic E-state index is 12.1. The Balaban J connectivity index is 4.96. The smallest absolute Gasteiger partial charge is 0.326 e. The quantitative estimate of drug-likeness (QED) is 0.162. The van der Waals surface area contributed by atoms with Crippen molar-refractivity contribution in [3.63, 3.8) is 0 Å². The molecule has 0 saturated carbocycles. The van der Waals surface area contributed by atoms with E-state index in [1.165, 1.54) is 6.92 Å². The topological polar surface area (TPSA) is 208 Å². The van der Waals surface area contributed by atoms with Gasteiger partial charge in [-0.2, -0.15) is 12.6 Å². The van der Waals surface area contributed by atoms with Crippen LogP contribution in [0, 0.1) is 0 Å². The molecule has 3 amide bonds. The van der Waals surface area contributed by atoms with Crippen molar-refractivity contribution in [2.45, 2.75) is 37.5 Å². The molecule has 0 aliphatic heterocycles. The number of carbonyl (C=O) groups is 5. The second kappa shape index (κ2) is 11.3. The molecule has 0 rings (SSSR count). The van der Waals surface area contributed by atoms with E-state index in [1.54, 1.807) is 0 Å². The van der Waals surface area contributed by atoms with Crippen LogP contribution < -0.4 is 21.7 Å². The molecule has 0 bridgehead atoms. The molecule has 0 saturated heterocycles. The number of nitrogens with one attached hydrogen (secondary N) is 3. The summed E-state index contributed by atoms with van der Waals surface area (Å²) < 4.78 is 0. The van der Waals surface area contributed by atoms with Crippen LogP contribution in [0.4, 0.5) is 0 Å². The summed E-state index contributed by atoms with van der Waals surface area (Å²) in [5, 5.41) is 33.0. The molecule has 4 unspecified atom stereocenters. The SMILES string of the molecule is CC(N)C(=O)NC(CO)C(=O)NC(CS)C(=O)NC(CC(=O)O)C(=O)O. The van der Waals surface area contributed by atoms with Crippen molar-refractivity contribution < 1.29 is 39.3 Å². The Morgan fingerprint density at radius 2 is 1.38 bits per heavy atom. The molecule has 0 spiro atoms. The van der Waals surface area contributed by atoms with E-state index in [2.05, 4.69) is 23.3 Å². The van der Waals surface area contributed by atoms with Crippen molar-refractivity contribution in [2.75, 3.05) is 12.4 Å². The van der Waals surface area contributed by atoms with Crippen LogP contribution in [0.5, 0.6) is 0 Å². The molecule has 0 aromatic carbocycles. The molecule has 26 heavy (non-hydrogen) atoms. The molecule has 8 N–H and O–H groups in total. The molecule has 0 heterocycles. The van der Waals surface area contributed by atoms with Crippen molar-refractivity contribution in [3.8, 4) is 0 Å². The standard InChI is InChI=1S/C13H22N4O8S/c1-5(14)10(21)16-7(3-18)11(22)17-8(4-26)12(23)15-6(13(24)25)2-9(19)20/h5-8,18,26H,2-4,14H2,1H3,(H,15,23)(H,16,21)(H,17,22)(H,19,20)(H,24,25). The minimum Gasteiger partial charge on any atom is -0.481 e. The zero-order valence-corrected chi connectivity index (χ0v) is 14.7. The van der Waals surface area contributed by atoms with Gasteiger partial charge in [0, 0.05) is 5.75 Å². The second-order valence-corrected chi connectivity index (χ2v) is 5.64. The molecule has 0 aliphatic carbocycles. The van der Waals surface area contributed by atoms with Gasteiger partial charge >= 0.3 is 11.9 Å². The summed E-state index contributed by atoms with van der Waals surface area (Å²) in [6.07, 6.45) is -0.863. The first-order chi connectivity index (χ1) is 12.0. The fourth-order valence-electron chi connectivity index (χ4n) is 1.61. The van der Waals surface area contributed by atoms with Gasteiger partial charge < -0.3 is 37.0 Å². The fraction of sp³-hybridized carbons (Fsp3) is 0.615. The van der Waals surface area contributed by atoms with E-state index in [9.17, 15) is 29.1 Å². The highest BCUT2D eigenvalue weighted by Crippen LogP contribution is 1.98. The first-order valence-corrected chi connectivity index (χ1v) is 7.99. The third-order valence-corrected chi connectivity index (χ3v) is 3.40. The summed E-state index contributed by atoms with van der Waals surface area (Å²) in [5.41, 5.74) is 5.33. The molecular weight excluding hydrogens is 372 g/mol. The number of aliphatic hydroxyl groups excluding tert-OH is 1. The molecule has 12 nitrogen and oxygen atoms in total. The Morgan fingerprint density at radius 3 is 1.77 bits per heavy atom. The Labute approximate surface area is 153 Å². The lowest BCUT2D eigenvalue weighted by molar-refractivity contribution is -0.147. The molecule has 0 radical (unpaired) electrons. The van der Waals surface area contributed by atoms with Gasteiger partial charge in [-0.1, -0.05) is 0 Å². The maximum Gasteiger partial charge on any atom is 0.326 e. The van der Waals surface area contributed by atoms with E-state index < -0.39 is 66.9 Å². The van der Waals surface area contributed by atoms with Gasteiger partial charge in [0.15, 0.2) is 0 Å². The van der Waals surface area contributed by atoms with Gasteiger partial charge in [-0.05, 0) is 6.92 Å². The largest absolute Gasteiger partial charge is 0.481 e. The third kappa shape index (κ3) is 8.13. The molecule has 0 aliphatic rings. The second-order valence-electron chi connectivity index (χ2n) is 5.27. The lowest BCUT2D eigenvalue weighted by Gasteiger charge is -2.22. The molecule has 148 valence electrons. The molecule has 13 heteroatoms. The molecule has 0 aromatic heterocycles. The summed E-state index contributed by atoms with van der Waals surface area (Å²) in [4.78, 5) is 57.2. The summed E-state index contributed by atoms with van der Waals surface area (Å²) >= 11 is 3.86. The van der Waals surface area contributed by atoms with Crippen LogP contribution >= 0.6 is 12.6 Å². The number of carbonyl (C=O) groups excluding carboxylic acids is 3. The van der Waals surface area contributed by atoms with Gasteiger partial charge in [0.1, 0.15) is 18.1 Å². The number of rotatable bonds is 11. The normalized spacial score (nSPS) is 15.1. The highest BCUT2D eigenvalue weighted by atomic mass is 32.1. The van der Waals surface area contributed by atoms with Crippen molar-refractivity contribution in [1.29, 1.82) is 0 Å². The van der Waals surface area contributed by atoms with Crippen LogP contribution in [0.3, 0.4) is 0 Å². The number of amides is 3. The van der Waals surface area contributed by atoms with E-state index in [0.29, 0.717) is 0 Å². The Morgan fingerprint density at radius 1 is 0.923 bits per heavy atom. The third-order valence-electron chi connectivity index (χ3n) is 3.04. The van der Waals surface area contributed by atoms with Crippen LogP contribution in [-0.2, 0) is 24.0 Å². The number of aliphatic hydroxyl groups is 1. The van der Waals surface area contributed by atoms with Crippen molar-refractivity contribution >= 4 is 42.3 Å². The Bertz CT molecular complexity index is 556.